The summed E-state index contributed by atoms with van der Waals surface area (Å²) in [4.78, 5) is 2.14. The summed E-state index contributed by atoms with van der Waals surface area (Å²) in [5, 5.41) is 3.22. The maximum atomic E-state index is 11.9. The van der Waals surface area contributed by atoms with Crippen LogP contribution in [0, 0.1) is 5.92 Å². The molecule has 0 atom stereocenters. The van der Waals surface area contributed by atoms with Crippen molar-refractivity contribution in [2.75, 3.05) is 45.2 Å². The first kappa shape index (κ1) is 15.9. The fraction of sp³-hybridized carbons (Fsp3) is 1.00. The average Bonchev–Trinajstić information content (AvgIpc) is 2.74. The van der Waals surface area contributed by atoms with Gasteiger partial charge in [0, 0.05) is 6.54 Å². The lowest BCUT2D eigenvalue weighted by molar-refractivity contribution is 0.395. The number of sulfone groups is 1. The van der Waals surface area contributed by atoms with Crippen LogP contribution in [0.2, 0.25) is 0 Å². The molecule has 108 valence electrons. The van der Waals surface area contributed by atoms with Crippen molar-refractivity contribution in [3.05, 3.63) is 0 Å². The van der Waals surface area contributed by atoms with E-state index in [0.29, 0.717) is 24.0 Å². The Hall–Kier alpha value is -0.130. The second-order valence-corrected chi connectivity index (χ2v) is 7.90. The minimum absolute atomic E-state index is 0.297. The summed E-state index contributed by atoms with van der Waals surface area (Å²) >= 11 is 0. The van der Waals surface area contributed by atoms with Crippen LogP contribution in [0.15, 0.2) is 0 Å². The van der Waals surface area contributed by atoms with E-state index in [0.717, 1.165) is 32.4 Å². The zero-order chi connectivity index (χ0) is 13.4. The molecular weight excluding hydrogens is 248 g/mol. The van der Waals surface area contributed by atoms with Gasteiger partial charge in [-0.2, -0.15) is 0 Å². The minimum atomic E-state index is -2.84. The monoisotopic (exact) mass is 276 g/mol. The fourth-order valence-corrected chi connectivity index (χ4v) is 4.17. The number of nitrogens with zero attached hydrogens (tertiary/aromatic N) is 1. The van der Waals surface area contributed by atoms with Gasteiger partial charge in [0.2, 0.25) is 0 Å². The van der Waals surface area contributed by atoms with E-state index in [1.807, 2.05) is 14.1 Å². The van der Waals surface area contributed by atoms with Crippen LogP contribution in [0.3, 0.4) is 0 Å². The van der Waals surface area contributed by atoms with Crippen molar-refractivity contribution in [1.82, 2.24) is 10.2 Å². The molecule has 0 aromatic carbocycles. The molecule has 5 heteroatoms. The van der Waals surface area contributed by atoms with Crippen LogP contribution >= 0.6 is 0 Å². The molecule has 0 unspecified atom stereocenters. The quantitative estimate of drug-likeness (QED) is 0.642. The normalized spacial score (nSPS) is 17.7. The van der Waals surface area contributed by atoms with E-state index in [9.17, 15) is 8.42 Å². The number of nitrogens with one attached hydrogen (secondary N) is 1. The molecule has 0 aromatic heterocycles. The van der Waals surface area contributed by atoms with Crippen molar-refractivity contribution >= 4 is 9.84 Å². The highest BCUT2D eigenvalue weighted by molar-refractivity contribution is 7.91. The molecule has 0 radical (unpaired) electrons. The Morgan fingerprint density at radius 1 is 1.17 bits per heavy atom. The van der Waals surface area contributed by atoms with Crippen LogP contribution < -0.4 is 5.32 Å². The highest BCUT2D eigenvalue weighted by Crippen LogP contribution is 2.25. The van der Waals surface area contributed by atoms with Crippen LogP contribution in [0.4, 0.5) is 0 Å². The molecule has 1 aliphatic rings. The Balaban J connectivity index is 2.06. The Morgan fingerprint density at radius 2 is 1.83 bits per heavy atom. The summed E-state index contributed by atoms with van der Waals surface area (Å²) in [5.74, 6) is 1.14. The van der Waals surface area contributed by atoms with Crippen LogP contribution in [0.1, 0.15) is 32.1 Å². The van der Waals surface area contributed by atoms with E-state index in [1.54, 1.807) is 0 Å². The molecule has 1 N–H and O–H groups in total. The van der Waals surface area contributed by atoms with Gasteiger partial charge in [0.25, 0.3) is 0 Å². The van der Waals surface area contributed by atoms with E-state index in [2.05, 4.69) is 10.2 Å². The van der Waals surface area contributed by atoms with Gasteiger partial charge in [-0.3, -0.25) is 0 Å². The predicted molar refractivity (Wildman–Crippen MR) is 76.7 cm³/mol. The predicted octanol–water partition coefficient (Wildman–Crippen LogP) is 1.13. The molecule has 0 bridgehead atoms. The van der Waals surface area contributed by atoms with E-state index in [-0.39, 0.29) is 0 Å². The summed E-state index contributed by atoms with van der Waals surface area (Å²) in [6, 6.07) is 0. The first-order valence-corrected chi connectivity index (χ1v) is 8.87. The van der Waals surface area contributed by atoms with Crippen LogP contribution in [0.25, 0.3) is 0 Å². The van der Waals surface area contributed by atoms with Gasteiger partial charge >= 0.3 is 0 Å². The number of rotatable bonds is 9. The molecule has 0 spiro atoms. The van der Waals surface area contributed by atoms with E-state index in [1.165, 1.54) is 12.8 Å². The van der Waals surface area contributed by atoms with Crippen molar-refractivity contribution in [1.29, 1.82) is 0 Å². The Kier molecular flexibility index (Phi) is 7.19. The molecule has 0 saturated heterocycles. The van der Waals surface area contributed by atoms with Gasteiger partial charge in [-0.1, -0.05) is 12.8 Å². The molecule has 4 nitrogen and oxygen atoms in total. The fourth-order valence-electron chi connectivity index (χ4n) is 2.49. The standard InChI is InChI=1S/C13H28N2O2S/c1-15(2)10-5-8-14-9-11-18(16,17)12-13-6-3-4-7-13/h13-14H,3-12H2,1-2H3. The molecule has 1 rings (SSSR count). The maximum Gasteiger partial charge on any atom is 0.151 e. The van der Waals surface area contributed by atoms with Crippen molar-refractivity contribution in [3.63, 3.8) is 0 Å². The molecule has 0 heterocycles. The third kappa shape index (κ3) is 7.34. The lowest BCUT2D eigenvalue weighted by Crippen LogP contribution is -2.28. The van der Waals surface area contributed by atoms with Gasteiger partial charge < -0.3 is 10.2 Å². The van der Waals surface area contributed by atoms with Gasteiger partial charge in [-0.15, -0.1) is 0 Å². The Bertz CT molecular complexity index is 309. The van der Waals surface area contributed by atoms with E-state index in [4.69, 9.17) is 0 Å². The van der Waals surface area contributed by atoms with Gasteiger partial charge in [-0.25, -0.2) is 8.42 Å². The van der Waals surface area contributed by atoms with Crippen LogP contribution in [0.5, 0.6) is 0 Å². The Morgan fingerprint density at radius 3 is 2.44 bits per heavy atom. The molecule has 0 aromatic rings. The first-order chi connectivity index (χ1) is 8.49. The summed E-state index contributed by atoms with van der Waals surface area (Å²) < 4.78 is 23.8. The molecule has 1 aliphatic carbocycles. The molecule has 1 fully saturated rings. The van der Waals surface area contributed by atoms with Crippen LogP contribution in [-0.2, 0) is 9.84 Å². The van der Waals surface area contributed by atoms with Crippen molar-refractivity contribution in [3.8, 4) is 0 Å². The second-order valence-electron chi connectivity index (χ2n) is 5.67. The summed E-state index contributed by atoms with van der Waals surface area (Å²) in [7, 11) is 1.25. The molecule has 1 saturated carbocycles. The summed E-state index contributed by atoms with van der Waals surface area (Å²) in [6.45, 7) is 2.54. The molecule has 0 amide bonds. The smallest absolute Gasteiger partial charge is 0.151 e. The van der Waals surface area contributed by atoms with Gasteiger partial charge in [0.05, 0.1) is 11.5 Å². The van der Waals surface area contributed by atoms with Crippen molar-refractivity contribution in [2.24, 2.45) is 5.92 Å². The summed E-state index contributed by atoms with van der Waals surface area (Å²) in [6.07, 6.45) is 5.70. The third-order valence-corrected chi connectivity index (χ3v) is 5.32. The Labute approximate surface area is 112 Å². The van der Waals surface area contributed by atoms with E-state index >= 15 is 0 Å². The lowest BCUT2D eigenvalue weighted by Gasteiger charge is -2.11. The number of hydrogen-bond acceptors (Lipinski definition) is 4. The number of hydrogen-bond donors (Lipinski definition) is 1. The molecule has 18 heavy (non-hydrogen) atoms. The third-order valence-electron chi connectivity index (χ3n) is 3.51. The molecule has 0 aliphatic heterocycles. The highest BCUT2D eigenvalue weighted by Gasteiger charge is 2.21. The van der Waals surface area contributed by atoms with Gasteiger partial charge in [-0.05, 0) is 52.4 Å². The largest absolute Gasteiger partial charge is 0.316 e. The maximum absolute atomic E-state index is 11.9. The zero-order valence-corrected chi connectivity index (χ0v) is 12.6. The topological polar surface area (TPSA) is 49.4 Å². The van der Waals surface area contributed by atoms with Gasteiger partial charge in [0.1, 0.15) is 0 Å². The highest BCUT2D eigenvalue weighted by atomic mass is 32.2. The first-order valence-electron chi connectivity index (χ1n) is 7.05. The average molecular weight is 276 g/mol. The van der Waals surface area contributed by atoms with Gasteiger partial charge in [0.15, 0.2) is 9.84 Å². The van der Waals surface area contributed by atoms with Crippen molar-refractivity contribution < 1.29 is 8.42 Å². The summed E-state index contributed by atoms with van der Waals surface area (Å²) in [5.41, 5.74) is 0. The SMILES string of the molecule is CN(C)CCCNCCS(=O)(=O)CC1CCCC1. The minimum Gasteiger partial charge on any atom is -0.316 e. The zero-order valence-electron chi connectivity index (χ0n) is 11.8. The second kappa shape index (κ2) is 8.12. The van der Waals surface area contributed by atoms with Crippen LogP contribution in [-0.4, -0.2) is 58.6 Å². The molecular formula is C13H28N2O2S. The van der Waals surface area contributed by atoms with Crippen molar-refractivity contribution in [2.45, 2.75) is 32.1 Å². The van der Waals surface area contributed by atoms with E-state index < -0.39 is 9.84 Å². The lowest BCUT2D eigenvalue weighted by atomic mass is 10.1.